The van der Waals surface area contributed by atoms with Crippen molar-refractivity contribution in [3.8, 4) is 0 Å². The highest BCUT2D eigenvalue weighted by atomic mass is 32.1. The Balaban J connectivity index is 1.70. The zero-order valence-corrected chi connectivity index (χ0v) is 13.7. The minimum atomic E-state index is -0.417. The number of para-hydroxylation sites is 1. The second-order valence-electron chi connectivity index (χ2n) is 5.19. The molecule has 0 aliphatic heterocycles. The maximum atomic E-state index is 13.9. The van der Waals surface area contributed by atoms with Crippen molar-refractivity contribution in [1.29, 1.82) is 0 Å². The van der Waals surface area contributed by atoms with Gasteiger partial charge in [-0.1, -0.05) is 22.6 Å². The van der Waals surface area contributed by atoms with Gasteiger partial charge >= 0.3 is 0 Å². The van der Waals surface area contributed by atoms with E-state index in [1.165, 1.54) is 34.6 Å². The molecule has 0 radical (unpaired) electrons. The summed E-state index contributed by atoms with van der Waals surface area (Å²) in [5, 5.41) is 8.09. The highest BCUT2D eigenvalue weighted by molar-refractivity contribution is 7.22. The summed E-state index contributed by atoms with van der Waals surface area (Å²) in [7, 11) is 0. The number of hydrogen-bond acceptors (Lipinski definition) is 6. The van der Waals surface area contributed by atoms with Gasteiger partial charge in [-0.15, -0.1) is 0 Å². The summed E-state index contributed by atoms with van der Waals surface area (Å²) in [6.45, 7) is 0.772. The van der Waals surface area contributed by atoms with Crippen molar-refractivity contribution in [1.82, 2.24) is 19.9 Å². The van der Waals surface area contributed by atoms with E-state index in [-0.39, 0.29) is 17.2 Å². The van der Waals surface area contributed by atoms with Crippen LogP contribution in [0.5, 0.6) is 0 Å². The molecule has 25 heavy (non-hydrogen) atoms. The molecule has 0 fully saturated rings. The summed E-state index contributed by atoms with van der Waals surface area (Å²) in [5.74, 6) is -0.705. The number of anilines is 1. The van der Waals surface area contributed by atoms with Crippen molar-refractivity contribution >= 4 is 32.6 Å². The minimum Gasteiger partial charge on any atom is -0.351 e. The molecule has 0 atom stereocenters. The minimum absolute atomic E-state index is 0.0974. The number of halogens is 1. The molecule has 0 spiro atoms. The molecule has 0 aliphatic rings. The molecule has 4 rings (SSSR count). The van der Waals surface area contributed by atoms with Crippen LogP contribution < -0.4 is 4.90 Å². The fourth-order valence-corrected chi connectivity index (χ4v) is 3.40. The number of benzene rings is 1. The zero-order chi connectivity index (χ0) is 17.2. The average molecular weight is 357 g/mol. The van der Waals surface area contributed by atoms with E-state index in [2.05, 4.69) is 15.2 Å². The molecule has 3 aromatic heterocycles. The molecule has 4 aromatic rings. The summed E-state index contributed by atoms with van der Waals surface area (Å²) < 4.78 is 21.3. The van der Waals surface area contributed by atoms with Crippen molar-refractivity contribution in [2.24, 2.45) is 0 Å². The van der Waals surface area contributed by atoms with Gasteiger partial charge in [0.1, 0.15) is 11.3 Å². The molecule has 1 aromatic carbocycles. The van der Waals surface area contributed by atoms with Crippen LogP contribution in [0.1, 0.15) is 10.6 Å². The number of nitrogens with zero attached hydrogens (tertiary/aromatic N) is 5. The number of amides is 1. The Hall–Kier alpha value is -3.07. The molecule has 7 nitrogen and oxygen atoms in total. The highest BCUT2D eigenvalue weighted by Crippen LogP contribution is 2.31. The predicted octanol–water partition coefficient (Wildman–Crippen LogP) is 2.97. The van der Waals surface area contributed by atoms with Crippen molar-refractivity contribution in [2.45, 2.75) is 6.54 Å². The Kier molecular flexibility index (Phi) is 3.98. The first-order valence-corrected chi connectivity index (χ1v) is 8.29. The molecule has 3 heterocycles. The first-order valence-electron chi connectivity index (χ1n) is 7.47. The van der Waals surface area contributed by atoms with Crippen LogP contribution in [0.3, 0.4) is 0 Å². The lowest BCUT2D eigenvalue weighted by Gasteiger charge is -2.18. The maximum absolute atomic E-state index is 13.9. The van der Waals surface area contributed by atoms with Crippen molar-refractivity contribution in [3.63, 3.8) is 0 Å². The number of carbonyl (C=O) groups is 1. The molecule has 9 heteroatoms. The largest absolute Gasteiger partial charge is 0.351 e. The first kappa shape index (κ1) is 15.5. The van der Waals surface area contributed by atoms with Gasteiger partial charge in [0.05, 0.1) is 17.4 Å². The molecule has 0 aliphatic carbocycles. The van der Waals surface area contributed by atoms with Crippen LogP contribution in [-0.2, 0) is 6.54 Å². The predicted molar refractivity (Wildman–Crippen MR) is 90.0 cm³/mol. The normalized spacial score (nSPS) is 11.1. The topological polar surface area (TPSA) is 77.0 Å². The van der Waals surface area contributed by atoms with Crippen LogP contribution >= 0.6 is 11.3 Å². The lowest BCUT2D eigenvalue weighted by atomic mass is 10.3. The van der Waals surface area contributed by atoms with Gasteiger partial charge in [-0.05, 0) is 18.2 Å². The second-order valence-corrected chi connectivity index (χ2v) is 6.19. The third-order valence-corrected chi connectivity index (χ3v) is 4.64. The van der Waals surface area contributed by atoms with Crippen LogP contribution in [0.4, 0.5) is 9.52 Å². The SMILES string of the molecule is O=C(c1ccno1)N(CCn1cccn1)c1nc2c(F)cccc2s1. The molecule has 126 valence electrons. The van der Waals surface area contributed by atoms with Crippen LogP contribution in [0, 0.1) is 5.82 Å². The van der Waals surface area contributed by atoms with E-state index in [0.29, 0.717) is 22.9 Å². The van der Waals surface area contributed by atoms with Crippen molar-refractivity contribution in [2.75, 3.05) is 11.4 Å². The molecular formula is C16H12FN5O2S. The smallest absolute Gasteiger partial charge is 0.298 e. The fraction of sp³-hybridized carbons (Fsp3) is 0.125. The van der Waals surface area contributed by atoms with Gasteiger partial charge in [-0.25, -0.2) is 9.37 Å². The van der Waals surface area contributed by atoms with E-state index >= 15 is 0 Å². The third kappa shape index (κ3) is 3.01. The number of fused-ring (bicyclic) bond motifs is 1. The third-order valence-electron chi connectivity index (χ3n) is 3.60. The van der Waals surface area contributed by atoms with Gasteiger partial charge in [-0.3, -0.25) is 14.4 Å². The zero-order valence-electron chi connectivity index (χ0n) is 12.9. The van der Waals surface area contributed by atoms with E-state index in [1.54, 1.807) is 35.3 Å². The van der Waals surface area contributed by atoms with Crippen molar-refractivity contribution < 1.29 is 13.7 Å². The Labute approximate surface area is 145 Å². The second kappa shape index (κ2) is 6.44. The van der Waals surface area contributed by atoms with Gasteiger partial charge in [-0.2, -0.15) is 5.10 Å². The molecule has 0 saturated heterocycles. The van der Waals surface area contributed by atoms with Crippen molar-refractivity contribution in [3.05, 3.63) is 60.5 Å². The van der Waals surface area contributed by atoms with Gasteiger partial charge < -0.3 is 4.52 Å². The molecular weight excluding hydrogens is 345 g/mol. The number of rotatable bonds is 5. The Morgan fingerprint density at radius 2 is 2.20 bits per heavy atom. The Morgan fingerprint density at radius 1 is 1.28 bits per heavy atom. The molecule has 0 unspecified atom stereocenters. The number of thiazole rings is 1. The van der Waals surface area contributed by atoms with Gasteiger partial charge in [0.15, 0.2) is 5.13 Å². The van der Waals surface area contributed by atoms with E-state index in [0.717, 1.165) is 0 Å². The van der Waals surface area contributed by atoms with Gasteiger partial charge in [0.25, 0.3) is 5.91 Å². The molecule has 0 bridgehead atoms. The molecule has 0 N–H and O–H groups in total. The summed E-state index contributed by atoms with van der Waals surface area (Å²) in [6.07, 6.45) is 4.86. The summed E-state index contributed by atoms with van der Waals surface area (Å²) >= 11 is 1.24. The summed E-state index contributed by atoms with van der Waals surface area (Å²) in [6, 6.07) is 8.02. The fourth-order valence-electron chi connectivity index (χ4n) is 2.40. The monoisotopic (exact) mass is 357 g/mol. The lowest BCUT2D eigenvalue weighted by molar-refractivity contribution is 0.0950. The number of hydrogen-bond donors (Lipinski definition) is 0. The Morgan fingerprint density at radius 3 is 2.92 bits per heavy atom. The van der Waals surface area contributed by atoms with E-state index in [9.17, 15) is 9.18 Å². The van der Waals surface area contributed by atoms with E-state index in [1.807, 2.05) is 0 Å². The van der Waals surface area contributed by atoms with Gasteiger partial charge in [0.2, 0.25) is 5.76 Å². The van der Waals surface area contributed by atoms with E-state index < -0.39 is 5.82 Å². The van der Waals surface area contributed by atoms with Gasteiger partial charge in [0, 0.05) is 25.0 Å². The van der Waals surface area contributed by atoms with E-state index in [4.69, 9.17) is 4.52 Å². The standard InChI is InChI=1S/C16H12FN5O2S/c17-11-3-1-4-13-14(11)20-16(25-13)22(10-9-21-8-2-6-18-21)15(23)12-5-7-19-24-12/h1-8H,9-10H2. The first-order chi connectivity index (χ1) is 12.2. The van der Waals surface area contributed by atoms with Crippen LogP contribution in [0.2, 0.25) is 0 Å². The summed E-state index contributed by atoms with van der Waals surface area (Å²) in [4.78, 5) is 18.5. The van der Waals surface area contributed by atoms with Crippen LogP contribution in [0.25, 0.3) is 10.2 Å². The quantitative estimate of drug-likeness (QED) is 0.549. The maximum Gasteiger partial charge on any atom is 0.298 e. The Bertz CT molecular complexity index is 997. The van der Waals surface area contributed by atoms with Crippen LogP contribution in [-0.4, -0.2) is 32.4 Å². The van der Waals surface area contributed by atoms with Crippen LogP contribution in [0.15, 0.2) is 53.4 Å². The lowest BCUT2D eigenvalue weighted by Crippen LogP contribution is -2.33. The highest BCUT2D eigenvalue weighted by Gasteiger charge is 2.24. The summed E-state index contributed by atoms with van der Waals surface area (Å²) in [5.41, 5.74) is 0.247. The average Bonchev–Trinajstić information content (AvgIpc) is 3.36. The molecule has 0 saturated carbocycles. The number of aromatic nitrogens is 4. The number of carbonyl (C=O) groups excluding carboxylic acids is 1. The molecule has 1 amide bonds.